The van der Waals surface area contributed by atoms with E-state index in [1.54, 1.807) is 19.1 Å². The average molecular weight is 448 g/mol. The summed E-state index contributed by atoms with van der Waals surface area (Å²) < 4.78 is 31.6. The fourth-order valence-corrected chi connectivity index (χ4v) is 4.67. The quantitative estimate of drug-likeness (QED) is 0.604. The summed E-state index contributed by atoms with van der Waals surface area (Å²) >= 11 is 0. The van der Waals surface area contributed by atoms with Crippen LogP contribution in [0.5, 0.6) is 5.75 Å². The Morgan fingerprint density at radius 3 is 2.23 bits per heavy atom. The second-order valence-corrected chi connectivity index (χ2v) is 9.33. The van der Waals surface area contributed by atoms with Gasteiger partial charge in [-0.05, 0) is 63.1 Å². The molecule has 0 saturated carbocycles. The van der Waals surface area contributed by atoms with Crippen molar-refractivity contribution in [3.05, 3.63) is 53.6 Å². The van der Waals surface area contributed by atoms with Gasteiger partial charge in [0.15, 0.2) is 0 Å². The zero-order valence-corrected chi connectivity index (χ0v) is 20.0. The Morgan fingerprint density at radius 1 is 1.10 bits per heavy atom. The van der Waals surface area contributed by atoms with Crippen molar-refractivity contribution in [2.24, 2.45) is 0 Å². The largest absolute Gasteiger partial charge is 0.495 e. The fraction of sp³-hybridized carbons (Fsp3) is 0.435. The Morgan fingerprint density at radius 2 is 1.71 bits per heavy atom. The molecular weight excluding hydrogens is 414 g/mol. The molecule has 0 spiro atoms. The number of nitrogens with zero attached hydrogens (tertiary/aromatic N) is 2. The van der Waals surface area contributed by atoms with Crippen LogP contribution in [0, 0.1) is 6.92 Å². The summed E-state index contributed by atoms with van der Waals surface area (Å²) in [6.07, 6.45) is 1.09. The Bertz CT molecular complexity index is 986. The second kappa shape index (κ2) is 10.5. The van der Waals surface area contributed by atoms with Crippen LogP contribution < -0.4 is 19.3 Å². The molecule has 0 heterocycles. The van der Waals surface area contributed by atoms with Gasteiger partial charge in [-0.2, -0.15) is 0 Å². The Labute approximate surface area is 186 Å². The van der Waals surface area contributed by atoms with E-state index in [4.69, 9.17) is 4.74 Å². The SMILES string of the molecule is CCN(CC)c1ccc(CNC(=O)C(C)N(c2cc(C)ccc2OC)S(C)(=O)=O)cc1. The highest BCUT2D eigenvalue weighted by Crippen LogP contribution is 2.32. The number of benzene rings is 2. The molecule has 170 valence electrons. The zero-order chi connectivity index (χ0) is 23.2. The van der Waals surface area contributed by atoms with Gasteiger partial charge in [-0.1, -0.05) is 18.2 Å². The predicted molar refractivity (Wildman–Crippen MR) is 126 cm³/mol. The molecule has 2 rings (SSSR count). The number of hydrogen-bond donors (Lipinski definition) is 1. The molecule has 1 N–H and O–H groups in total. The van der Waals surface area contributed by atoms with Crippen molar-refractivity contribution in [1.82, 2.24) is 5.32 Å². The maximum atomic E-state index is 12.9. The lowest BCUT2D eigenvalue weighted by molar-refractivity contribution is -0.122. The Hall–Kier alpha value is -2.74. The Balaban J connectivity index is 2.19. The van der Waals surface area contributed by atoms with Gasteiger partial charge in [-0.3, -0.25) is 9.10 Å². The minimum Gasteiger partial charge on any atom is -0.495 e. The van der Waals surface area contributed by atoms with E-state index in [-0.39, 0.29) is 5.91 Å². The number of methoxy groups -OCH3 is 1. The van der Waals surface area contributed by atoms with Crippen molar-refractivity contribution < 1.29 is 17.9 Å². The van der Waals surface area contributed by atoms with Gasteiger partial charge >= 0.3 is 0 Å². The molecule has 0 aliphatic carbocycles. The van der Waals surface area contributed by atoms with Crippen molar-refractivity contribution in [2.75, 3.05) is 35.7 Å². The second-order valence-electron chi connectivity index (χ2n) is 7.47. The highest BCUT2D eigenvalue weighted by atomic mass is 32.2. The summed E-state index contributed by atoms with van der Waals surface area (Å²) in [6, 6.07) is 12.3. The first-order valence-corrected chi connectivity index (χ1v) is 12.2. The number of sulfonamides is 1. The molecule has 0 saturated heterocycles. The lowest BCUT2D eigenvalue weighted by atomic mass is 10.1. The third-order valence-corrected chi connectivity index (χ3v) is 6.42. The first-order chi connectivity index (χ1) is 14.6. The van der Waals surface area contributed by atoms with Crippen LogP contribution in [0.15, 0.2) is 42.5 Å². The molecule has 7 nitrogen and oxygen atoms in total. The standard InChI is InChI=1S/C23H33N3O4S/c1-7-25(8-2)20-12-10-19(11-13-20)16-24-23(27)18(4)26(31(6,28)29)21-15-17(3)9-14-22(21)30-5/h9-15,18H,7-8,16H2,1-6H3,(H,24,27). The molecule has 0 aliphatic rings. The molecule has 2 aromatic carbocycles. The topological polar surface area (TPSA) is 79.0 Å². The third-order valence-electron chi connectivity index (χ3n) is 5.19. The number of carbonyl (C=O) groups excluding carboxylic acids is 1. The molecule has 8 heteroatoms. The van der Waals surface area contributed by atoms with E-state index in [1.165, 1.54) is 7.11 Å². The number of anilines is 2. The van der Waals surface area contributed by atoms with Gasteiger partial charge < -0.3 is 15.0 Å². The van der Waals surface area contributed by atoms with Crippen LogP contribution >= 0.6 is 0 Å². The molecule has 0 bridgehead atoms. The van der Waals surface area contributed by atoms with Crippen molar-refractivity contribution in [3.8, 4) is 5.75 Å². The summed E-state index contributed by atoms with van der Waals surface area (Å²) in [5.41, 5.74) is 3.28. The molecule has 0 aliphatic heterocycles. The number of hydrogen-bond acceptors (Lipinski definition) is 5. The number of ether oxygens (including phenoxy) is 1. The molecule has 2 aromatic rings. The molecule has 1 atom stereocenters. The van der Waals surface area contributed by atoms with E-state index in [0.717, 1.165) is 40.5 Å². The third kappa shape index (κ3) is 6.13. The predicted octanol–water partition coefficient (Wildman–Crippen LogP) is 3.32. The minimum absolute atomic E-state index is 0.310. The molecule has 0 radical (unpaired) electrons. The highest BCUT2D eigenvalue weighted by molar-refractivity contribution is 7.92. The van der Waals surface area contributed by atoms with Gasteiger partial charge in [0.1, 0.15) is 11.8 Å². The first kappa shape index (κ1) is 24.5. The van der Waals surface area contributed by atoms with E-state index < -0.39 is 16.1 Å². The summed E-state index contributed by atoms with van der Waals surface area (Å²) in [6.45, 7) is 9.80. The Kier molecular flexibility index (Phi) is 8.33. The van der Waals surface area contributed by atoms with Crippen LogP contribution in [-0.2, 0) is 21.4 Å². The summed E-state index contributed by atoms with van der Waals surface area (Å²) in [5, 5.41) is 2.85. The first-order valence-electron chi connectivity index (χ1n) is 10.4. The number of nitrogens with one attached hydrogen (secondary N) is 1. The van der Waals surface area contributed by atoms with E-state index in [0.29, 0.717) is 18.0 Å². The molecule has 1 unspecified atom stereocenters. The van der Waals surface area contributed by atoms with Gasteiger partial charge in [0.2, 0.25) is 15.9 Å². The van der Waals surface area contributed by atoms with E-state index >= 15 is 0 Å². The van der Waals surface area contributed by atoms with Gasteiger partial charge in [0, 0.05) is 25.3 Å². The fourth-order valence-electron chi connectivity index (χ4n) is 3.50. The van der Waals surface area contributed by atoms with Gasteiger partial charge in [-0.15, -0.1) is 0 Å². The monoisotopic (exact) mass is 447 g/mol. The van der Waals surface area contributed by atoms with Crippen LogP contribution in [0.4, 0.5) is 11.4 Å². The van der Waals surface area contributed by atoms with Crippen LogP contribution in [-0.4, -0.2) is 46.8 Å². The zero-order valence-electron chi connectivity index (χ0n) is 19.2. The molecule has 0 aromatic heterocycles. The maximum Gasteiger partial charge on any atom is 0.243 e. The van der Waals surface area contributed by atoms with E-state index in [9.17, 15) is 13.2 Å². The normalized spacial score (nSPS) is 12.2. The smallest absolute Gasteiger partial charge is 0.243 e. The molecule has 0 fully saturated rings. The number of carbonyl (C=O) groups is 1. The van der Waals surface area contributed by atoms with Crippen LogP contribution in [0.25, 0.3) is 0 Å². The summed E-state index contributed by atoms with van der Waals surface area (Å²) in [7, 11) is -2.26. The molecule has 31 heavy (non-hydrogen) atoms. The highest BCUT2D eigenvalue weighted by Gasteiger charge is 2.31. The van der Waals surface area contributed by atoms with Gasteiger partial charge in [-0.25, -0.2) is 8.42 Å². The van der Waals surface area contributed by atoms with Gasteiger partial charge in [0.25, 0.3) is 0 Å². The van der Waals surface area contributed by atoms with Gasteiger partial charge in [0.05, 0.1) is 19.1 Å². The van der Waals surface area contributed by atoms with Crippen LogP contribution in [0.3, 0.4) is 0 Å². The number of amides is 1. The van der Waals surface area contributed by atoms with Crippen LogP contribution in [0.1, 0.15) is 31.9 Å². The van der Waals surface area contributed by atoms with Crippen molar-refractivity contribution in [2.45, 2.75) is 40.3 Å². The van der Waals surface area contributed by atoms with Crippen LogP contribution in [0.2, 0.25) is 0 Å². The van der Waals surface area contributed by atoms with E-state index in [2.05, 4.69) is 24.1 Å². The van der Waals surface area contributed by atoms with E-state index in [1.807, 2.05) is 37.3 Å². The summed E-state index contributed by atoms with van der Waals surface area (Å²) in [4.78, 5) is 15.1. The van der Waals surface area contributed by atoms with Crippen molar-refractivity contribution in [3.63, 3.8) is 0 Å². The maximum absolute atomic E-state index is 12.9. The summed E-state index contributed by atoms with van der Waals surface area (Å²) in [5.74, 6) is 0.00414. The van der Waals surface area contributed by atoms with Crippen molar-refractivity contribution in [1.29, 1.82) is 0 Å². The lowest BCUT2D eigenvalue weighted by Crippen LogP contribution is -2.47. The number of rotatable bonds is 10. The lowest BCUT2D eigenvalue weighted by Gasteiger charge is -2.29. The van der Waals surface area contributed by atoms with Crippen molar-refractivity contribution >= 4 is 27.3 Å². The average Bonchev–Trinajstić information content (AvgIpc) is 2.73. The number of aryl methyl sites for hydroxylation is 1. The molecular formula is C23H33N3O4S. The molecule has 1 amide bonds. The minimum atomic E-state index is -3.73.